The number of aliphatic hydroxyl groups is 1. The second-order valence-electron chi connectivity index (χ2n) is 7.53. The van der Waals surface area contributed by atoms with Crippen molar-refractivity contribution < 1.29 is 23.8 Å². The largest absolute Gasteiger partial charge is 0.458 e. The molecule has 26 heavy (non-hydrogen) atoms. The fourth-order valence-corrected chi connectivity index (χ4v) is 4.10. The van der Waals surface area contributed by atoms with Crippen molar-refractivity contribution >= 4 is 5.97 Å². The number of esters is 1. The Kier molecular flexibility index (Phi) is 6.65. The molecule has 1 aromatic carbocycles. The molecule has 5 heteroatoms. The van der Waals surface area contributed by atoms with Crippen LogP contribution in [0, 0.1) is 11.7 Å². The van der Waals surface area contributed by atoms with Crippen molar-refractivity contribution in [1.82, 2.24) is 0 Å². The fraction of sp³-hybridized carbons (Fsp3) is 0.667. The van der Waals surface area contributed by atoms with Gasteiger partial charge in [-0.15, -0.1) is 0 Å². The van der Waals surface area contributed by atoms with E-state index in [2.05, 4.69) is 6.92 Å². The minimum atomic E-state index is -0.653. The van der Waals surface area contributed by atoms with E-state index >= 15 is 0 Å². The van der Waals surface area contributed by atoms with Crippen LogP contribution in [-0.2, 0) is 22.5 Å². The summed E-state index contributed by atoms with van der Waals surface area (Å²) in [5.41, 5.74) is 0.779. The number of hydrogen-bond acceptors (Lipinski definition) is 4. The lowest BCUT2D eigenvalue weighted by atomic mass is 9.86. The van der Waals surface area contributed by atoms with Crippen LogP contribution in [0.4, 0.5) is 4.39 Å². The van der Waals surface area contributed by atoms with E-state index in [4.69, 9.17) is 14.6 Å². The third-order valence-electron chi connectivity index (χ3n) is 5.80. The maximum Gasteiger partial charge on any atom is 0.341 e. The highest BCUT2D eigenvalue weighted by Gasteiger charge is 2.30. The molecule has 3 rings (SSSR count). The van der Waals surface area contributed by atoms with Crippen LogP contribution in [-0.4, -0.2) is 29.9 Å². The van der Waals surface area contributed by atoms with Crippen LogP contribution in [0.15, 0.2) is 12.1 Å². The summed E-state index contributed by atoms with van der Waals surface area (Å²) >= 11 is 0. The lowest BCUT2D eigenvalue weighted by Gasteiger charge is -2.28. The molecule has 1 aliphatic heterocycles. The summed E-state index contributed by atoms with van der Waals surface area (Å²) in [5.74, 6) is -0.411. The highest BCUT2D eigenvalue weighted by atomic mass is 19.1. The fourth-order valence-electron chi connectivity index (χ4n) is 4.10. The molecule has 1 aromatic rings. The molecule has 1 N–H and O–H groups in total. The van der Waals surface area contributed by atoms with Gasteiger partial charge in [0.2, 0.25) is 0 Å². The molecular weight excluding hydrogens is 335 g/mol. The van der Waals surface area contributed by atoms with Crippen molar-refractivity contribution in [3.8, 4) is 0 Å². The van der Waals surface area contributed by atoms with E-state index in [1.54, 1.807) is 12.1 Å². The predicted molar refractivity (Wildman–Crippen MR) is 96.5 cm³/mol. The van der Waals surface area contributed by atoms with Crippen molar-refractivity contribution in [2.24, 2.45) is 5.92 Å². The molecule has 4 nitrogen and oxygen atoms in total. The van der Waals surface area contributed by atoms with Gasteiger partial charge in [0, 0.05) is 18.6 Å². The molecular formula is C21H29FO4. The van der Waals surface area contributed by atoms with Gasteiger partial charge in [0.25, 0.3) is 0 Å². The maximum atomic E-state index is 14.2. The van der Waals surface area contributed by atoms with Gasteiger partial charge < -0.3 is 14.6 Å². The first-order valence-electron chi connectivity index (χ1n) is 9.86. The number of carbonyl (C=O) groups excluding carboxylic acids is 1. The Morgan fingerprint density at radius 3 is 2.73 bits per heavy atom. The quantitative estimate of drug-likeness (QED) is 0.583. The van der Waals surface area contributed by atoms with Crippen LogP contribution in [0.1, 0.15) is 73.4 Å². The monoisotopic (exact) mass is 364 g/mol. The average molecular weight is 364 g/mol. The Bertz CT molecular complexity index is 623. The van der Waals surface area contributed by atoms with E-state index in [0.29, 0.717) is 24.7 Å². The van der Waals surface area contributed by atoms with Crippen LogP contribution in [0.25, 0.3) is 0 Å². The normalized spacial score (nSPS) is 25.7. The predicted octanol–water partition coefficient (Wildman–Crippen LogP) is 4.17. The molecule has 1 heterocycles. The number of fused-ring (bicyclic) bond motifs is 1. The first kappa shape index (κ1) is 19.3. The molecule has 144 valence electrons. The van der Waals surface area contributed by atoms with Crippen LogP contribution in [0.5, 0.6) is 0 Å². The average Bonchev–Trinajstić information content (AvgIpc) is 2.66. The Morgan fingerprint density at radius 1 is 1.27 bits per heavy atom. The molecule has 2 aliphatic rings. The first-order valence-corrected chi connectivity index (χ1v) is 9.86. The number of carbonyl (C=O) groups is 1. The van der Waals surface area contributed by atoms with E-state index in [-0.39, 0.29) is 17.2 Å². The number of halogens is 1. The molecule has 1 saturated carbocycles. The van der Waals surface area contributed by atoms with Gasteiger partial charge in [-0.2, -0.15) is 0 Å². The smallest absolute Gasteiger partial charge is 0.341 e. The Balaban J connectivity index is 1.44. The third kappa shape index (κ3) is 4.44. The molecule has 0 aromatic heterocycles. The molecule has 1 unspecified atom stereocenters. The lowest BCUT2D eigenvalue weighted by molar-refractivity contribution is 0.00251. The second kappa shape index (κ2) is 8.96. The Hall–Kier alpha value is -1.46. The van der Waals surface area contributed by atoms with Crippen LogP contribution in [0.3, 0.4) is 0 Å². The summed E-state index contributed by atoms with van der Waals surface area (Å²) in [4.78, 5) is 12.1. The molecule has 0 amide bonds. The van der Waals surface area contributed by atoms with Gasteiger partial charge in [-0.3, -0.25) is 0 Å². The first-order chi connectivity index (χ1) is 12.6. The van der Waals surface area contributed by atoms with Crippen LogP contribution >= 0.6 is 0 Å². The summed E-state index contributed by atoms with van der Waals surface area (Å²) in [6.07, 6.45) is 8.31. The summed E-state index contributed by atoms with van der Waals surface area (Å²) < 4.78 is 25.6. The summed E-state index contributed by atoms with van der Waals surface area (Å²) in [7, 11) is 0. The van der Waals surface area contributed by atoms with Crippen molar-refractivity contribution in [2.75, 3.05) is 6.61 Å². The van der Waals surface area contributed by atoms with Crippen molar-refractivity contribution in [3.05, 3.63) is 34.6 Å². The van der Waals surface area contributed by atoms with Crippen molar-refractivity contribution in [2.45, 2.75) is 77.1 Å². The van der Waals surface area contributed by atoms with Crippen molar-refractivity contribution in [1.29, 1.82) is 0 Å². The van der Waals surface area contributed by atoms with Gasteiger partial charge >= 0.3 is 5.97 Å². The Labute approximate surface area is 154 Å². The molecule has 0 bridgehead atoms. The SMILES string of the molecule is CCC1CCC(OCCCC2Cc3ccc(CO)c(F)c3C(=O)O2)CC1. The number of rotatable bonds is 7. The number of benzene rings is 1. The number of cyclic esters (lactones) is 1. The highest BCUT2D eigenvalue weighted by molar-refractivity contribution is 5.92. The van der Waals surface area contributed by atoms with E-state index in [0.717, 1.165) is 31.6 Å². The summed E-state index contributed by atoms with van der Waals surface area (Å²) in [6.45, 7) is 2.51. The standard InChI is InChI=1S/C21H29FO4/c1-2-14-5-9-17(10-6-14)25-11-3-4-18-12-15-7-8-16(13-23)20(22)19(15)21(24)26-18/h7-8,14,17-18,23H,2-6,9-13H2,1H3. The molecule has 1 aliphatic carbocycles. The minimum absolute atomic E-state index is 0.0169. The molecule has 0 saturated heterocycles. The van der Waals surface area contributed by atoms with Gasteiger partial charge in [-0.1, -0.05) is 25.5 Å². The summed E-state index contributed by atoms with van der Waals surface area (Å²) in [5, 5.41) is 9.13. The molecule has 1 fully saturated rings. The number of ether oxygens (including phenoxy) is 2. The minimum Gasteiger partial charge on any atom is -0.458 e. The number of hydrogen-bond donors (Lipinski definition) is 1. The van der Waals surface area contributed by atoms with E-state index in [9.17, 15) is 9.18 Å². The van der Waals surface area contributed by atoms with E-state index in [1.807, 2.05) is 0 Å². The topological polar surface area (TPSA) is 55.8 Å². The lowest BCUT2D eigenvalue weighted by Crippen LogP contribution is -2.29. The zero-order valence-electron chi connectivity index (χ0n) is 15.5. The highest BCUT2D eigenvalue weighted by Crippen LogP contribution is 2.29. The van der Waals surface area contributed by atoms with Crippen LogP contribution < -0.4 is 0 Å². The van der Waals surface area contributed by atoms with Crippen molar-refractivity contribution in [3.63, 3.8) is 0 Å². The Morgan fingerprint density at radius 2 is 2.04 bits per heavy atom. The second-order valence-corrected chi connectivity index (χ2v) is 7.53. The third-order valence-corrected chi connectivity index (χ3v) is 5.80. The molecule has 1 atom stereocenters. The molecule has 0 radical (unpaired) electrons. The van der Waals surface area contributed by atoms with E-state index < -0.39 is 18.4 Å². The molecule has 0 spiro atoms. The number of aliphatic hydroxyl groups excluding tert-OH is 1. The zero-order chi connectivity index (χ0) is 18.5. The van der Waals surface area contributed by atoms with Gasteiger partial charge in [0.05, 0.1) is 18.3 Å². The van der Waals surface area contributed by atoms with Crippen LogP contribution in [0.2, 0.25) is 0 Å². The van der Waals surface area contributed by atoms with Gasteiger partial charge in [-0.25, -0.2) is 9.18 Å². The van der Waals surface area contributed by atoms with Gasteiger partial charge in [-0.05, 0) is 50.0 Å². The van der Waals surface area contributed by atoms with Gasteiger partial charge in [0.15, 0.2) is 0 Å². The maximum absolute atomic E-state index is 14.2. The summed E-state index contributed by atoms with van der Waals surface area (Å²) in [6, 6.07) is 3.26. The van der Waals surface area contributed by atoms with Gasteiger partial charge in [0.1, 0.15) is 11.9 Å². The van der Waals surface area contributed by atoms with E-state index in [1.165, 1.54) is 19.3 Å². The zero-order valence-corrected chi connectivity index (χ0v) is 15.5.